The molecular weight excluding hydrogens is 420 g/mol. The highest BCUT2D eigenvalue weighted by atomic mass is 16.3. The van der Waals surface area contributed by atoms with Gasteiger partial charge in [-0.25, -0.2) is 4.98 Å². The second kappa shape index (κ2) is 8.75. The number of aromatic nitrogens is 2. The molecule has 2 aliphatic heterocycles. The average Bonchev–Trinajstić information content (AvgIpc) is 3.33. The Balaban J connectivity index is 1.58. The standard InChI is InChI=1S/C29H28N4O/c34-26-16-8-5-13-21(26)22-19-25(20-11-3-1-4-12-20)32-29(33-17-9-2-10-18-33)27(22)28-30-23-14-6-7-15-24(23)31-28/h1,3-8,11-16,19,22,32,34H,2,9-10,17-18H2,(H,30,31). The number of phenolic OH excluding ortho intramolecular Hbond substituents is 1. The summed E-state index contributed by atoms with van der Waals surface area (Å²) < 4.78 is 0. The maximum absolute atomic E-state index is 10.9. The number of H-pyrrole nitrogens is 1. The zero-order valence-electron chi connectivity index (χ0n) is 19.0. The molecule has 6 rings (SSSR count). The number of allylic oxidation sites excluding steroid dienone is 2. The van der Waals surface area contributed by atoms with Crippen LogP contribution >= 0.6 is 0 Å². The Kier molecular flexibility index (Phi) is 5.30. The molecule has 4 aromatic rings. The molecule has 0 bridgehead atoms. The number of piperidine rings is 1. The third kappa shape index (κ3) is 3.73. The van der Waals surface area contributed by atoms with E-state index in [1.165, 1.54) is 19.3 Å². The number of dihydropyridines is 1. The van der Waals surface area contributed by atoms with Gasteiger partial charge in [0, 0.05) is 35.8 Å². The van der Waals surface area contributed by atoms with Crippen molar-refractivity contribution in [1.82, 2.24) is 20.2 Å². The van der Waals surface area contributed by atoms with Gasteiger partial charge in [-0.15, -0.1) is 0 Å². The number of fused-ring (bicyclic) bond motifs is 1. The van der Waals surface area contributed by atoms with Crippen LogP contribution < -0.4 is 5.32 Å². The van der Waals surface area contributed by atoms with Crippen LogP contribution in [0.4, 0.5) is 0 Å². The summed E-state index contributed by atoms with van der Waals surface area (Å²) in [5.74, 6) is 2.05. The number of para-hydroxylation sites is 3. The SMILES string of the molecule is Oc1ccccc1C1C=C(c2ccccc2)NC(N2CCCCC2)=C1c1nc2ccccc2[nH]1. The van der Waals surface area contributed by atoms with Gasteiger partial charge in [0.15, 0.2) is 0 Å². The molecule has 2 aliphatic rings. The average molecular weight is 449 g/mol. The zero-order valence-corrected chi connectivity index (χ0v) is 19.0. The van der Waals surface area contributed by atoms with E-state index in [-0.39, 0.29) is 5.92 Å². The van der Waals surface area contributed by atoms with Crippen molar-refractivity contribution < 1.29 is 5.11 Å². The van der Waals surface area contributed by atoms with E-state index in [1.807, 2.05) is 42.5 Å². The number of phenols is 1. The number of benzene rings is 3. The topological polar surface area (TPSA) is 64.2 Å². The normalized spacial score (nSPS) is 18.6. The molecule has 170 valence electrons. The third-order valence-electron chi connectivity index (χ3n) is 6.83. The summed E-state index contributed by atoms with van der Waals surface area (Å²) in [6.45, 7) is 2.00. The van der Waals surface area contributed by atoms with Crippen LogP contribution in [0.15, 0.2) is 90.8 Å². The Morgan fingerprint density at radius 2 is 1.56 bits per heavy atom. The number of aromatic amines is 1. The smallest absolute Gasteiger partial charge is 0.139 e. The molecule has 0 aliphatic carbocycles. The number of nitrogens with one attached hydrogen (secondary N) is 2. The van der Waals surface area contributed by atoms with E-state index in [4.69, 9.17) is 4.98 Å². The Hall–Kier alpha value is -3.99. The molecule has 0 saturated carbocycles. The van der Waals surface area contributed by atoms with Crippen LogP contribution in [0.1, 0.15) is 42.1 Å². The van der Waals surface area contributed by atoms with E-state index in [0.29, 0.717) is 5.75 Å². The summed E-state index contributed by atoms with van der Waals surface area (Å²) in [7, 11) is 0. The van der Waals surface area contributed by atoms with E-state index in [1.54, 1.807) is 6.07 Å². The van der Waals surface area contributed by atoms with Crippen LogP contribution in [0.5, 0.6) is 5.75 Å². The summed E-state index contributed by atoms with van der Waals surface area (Å²) in [6.07, 6.45) is 5.82. The molecule has 1 unspecified atom stereocenters. The number of hydrogen-bond donors (Lipinski definition) is 3. The lowest BCUT2D eigenvalue weighted by molar-refractivity contribution is 0.274. The highest BCUT2D eigenvalue weighted by molar-refractivity contribution is 5.86. The van der Waals surface area contributed by atoms with Crippen molar-refractivity contribution in [3.63, 3.8) is 0 Å². The molecule has 3 heterocycles. The number of hydrogen-bond acceptors (Lipinski definition) is 4. The molecule has 3 N–H and O–H groups in total. The molecule has 1 fully saturated rings. The number of nitrogens with zero attached hydrogens (tertiary/aromatic N) is 2. The van der Waals surface area contributed by atoms with Crippen molar-refractivity contribution in [2.24, 2.45) is 0 Å². The highest BCUT2D eigenvalue weighted by Gasteiger charge is 2.32. The fraction of sp³-hybridized carbons (Fsp3) is 0.207. The van der Waals surface area contributed by atoms with Gasteiger partial charge in [0.25, 0.3) is 0 Å². The highest BCUT2D eigenvalue weighted by Crippen LogP contribution is 2.43. The molecule has 0 radical (unpaired) electrons. The first-order chi connectivity index (χ1) is 16.8. The fourth-order valence-corrected chi connectivity index (χ4v) is 5.12. The minimum atomic E-state index is -0.157. The molecule has 3 aromatic carbocycles. The fourth-order valence-electron chi connectivity index (χ4n) is 5.12. The number of imidazole rings is 1. The Morgan fingerprint density at radius 3 is 2.35 bits per heavy atom. The number of rotatable bonds is 4. The van der Waals surface area contributed by atoms with Crippen molar-refractivity contribution in [3.05, 3.63) is 108 Å². The second-order valence-electron chi connectivity index (χ2n) is 9.02. The maximum Gasteiger partial charge on any atom is 0.139 e. The summed E-state index contributed by atoms with van der Waals surface area (Å²) in [5, 5.41) is 14.7. The molecule has 34 heavy (non-hydrogen) atoms. The van der Waals surface area contributed by atoms with E-state index < -0.39 is 0 Å². The van der Waals surface area contributed by atoms with Crippen LogP contribution in [0.25, 0.3) is 22.3 Å². The minimum absolute atomic E-state index is 0.157. The minimum Gasteiger partial charge on any atom is -0.508 e. The van der Waals surface area contributed by atoms with Gasteiger partial charge in [-0.3, -0.25) is 0 Å². The third-order valence-corrected chi connectivity index (χ3v) is 6.83. The number of aromatic hydroxyl groups is 1. The van der Waals surface area contributed by atoms with Crippen molar-refractivity contribution in [2.75, 3.05) is 13.1 Å². The zero-order chi connectivity index (χ0) is 22.9. The van der Waals surface area contributed by atoms with E-state index in [2.05, 4.69) is 51.6 Å². The van der Waals surface area contributed by atoms with Gasteiger partial charge < -0.3 is 20.3 Å². The predicted octanol–water partition coefficient (Wildman–Crippen LogP) is 5.85. The Labute approximate surface area is 199 Å². The van der Waals surface area contributed by atoms with Crippen LogP contribution in [0, 0.1) is 0 Å². The van der Waals surface area contributed by atoms with Crippen LogP contribution in [-0.2, 0) is 0 Å². The summed E-state index contributed by atoms with van der Waals surface area (Å²) in [6, 6.07) is 26.2. The second-order valence-corrected chi connectivity index (χ2v) is 9.02. The first kappa shape index (κ1) is 20.6. The van der Waals surface area contributed by atoms with Gasteiger partial charge in [0.2, 0.25) is 0 Å². The first-order valence-electron chi connectivity index (χ1n) is 12.0. The molecule has 1 saturated heterocycles. The van der Waals surface area contributed by atoms with Gasteiger partial charge in [-0.2, -0.15) is 0 Å². The summed E-state index contributed by atoms with van der Waals surface area (Å²) in [4.78, 5) is 11.0. The van der Waals surface area contributed by atoms with E-state index in [0.717, 1.165) is 58.2 Å². The Morgan fingerprint density at radius 1 is 0.824 bits per heavy atom. The lowest BCUT2D eigenvalue weighted by Gasteiger charge is -2.38. The lowest BCUT2D eigenvalue weighted by Crippen LogP contribution is -2.38. The summed E-state index contributed by atoms with van der Waals surface area (Å²) in [5.41, 5.74) is 6.07. The quantitative estimate of drug-likeness (QED) is 0.366. The van der Waals surface area contributed by atoms with Gasteiger partial charge in [-0.1, -0.05) is 60.7 Å². The maximum atomic E-state index is 10.9. The van der Waals surface area contributed by atoms with Crippen LogP contribution in [-0.4, -0.2) is 33.1 Å². The Bertz CT molecular complexity index is 1350. The van der Waals surface area contributed by atoms with Gasteiger partial charge in [-0.05, 0) is 49.1 Å². The lowest BCUT2D eigenvalue weighted by atomic mass is 9.85. The van der Waals surface area contributed by atoms with Gasteiger partial charge in [0.1, 0.15) is 17.4 Å². The van der Waals surface area contributed by atoms with Crippen LogP contribution in [0.3, 0.4) is 0 Å². The van der Waals surface area contributed by atoms with Crippen molar-refractivity contribution >= 4 is 22.3 Å². The van der Waals surface area contributed by atoms with Crippen LogP contribution in [0.2, 0.25) is 0 Å². The van der Waals surface area contributed by atoms with E-state index in [9.17, 15) is 5.11 Å². The predicted molar refractivity (Wildman–Crippen MR) is 137 cm³/mol. The largest absolute Gasteiger partial charge is 0.508 e. The molecule has 5 nitrogen and oxygen atoms in total. The summed E-state index contributed by atoms with van der Waals surface area (Å²) >= 11 is 0. The first-order valence-corrected chi connectivity index (χ1v) is 12.0. The van der Waals surface area contributed by atoms with Gasteiger partial charge >= 0.3 is 0 Å². The molecular formula is C29H28N4O. The van der Waals surface area contributed by atoms with Crippen molar-refractivity contribution in [1.29, 1.82) is 0 Å². The molecule has 5 heteroatoms. The number of likely N-dealkylation sites (tertiary alicyclic amines) is 1. The molecule has 0 amide bonds. The molecule has 1 atom stereocenters. The molecule has 1 aromatic heterocycles. The van der Waals surface area contributed by atoms with E-state index >= 15 is 0 Å². The monoisotopic (exact) mass is 448 g/mol. The molecule has 0 spiro atoms. The van der Waals surface area contributed by atoms with Crippen molar-refractivity contribution in [2.45, 2.75) is 25.2 Å². The van der Waals surface area contributed by atoms with Gasteiger partial charge in [0.05, 0.1) is 11.0 Å². The van der Waals surface area contributed by atoms with Crippen molar-refractivity contribution in [3.8, 4) is 5.75 Å².